The quantitative estimate of drug-likeness (QED) is 0.358. The molecule has 0 saturated carbocycles. The van der Waals surface area contributed by atoms with Gasteiger partial charge in [-0.1, -0.05) is 12.1 Å². The van der Waals surface area contributed by atoms with Gasteiger partial charge in [0.05, 0.1) is 32.5 Å². The van der Waals surface area contributed by atoms with E-state index in [0.29, 0.717) is 5.75 Å². The van der Waals surface area contributed by atoms with E-state index in [1.165, 1.54) is 52.5 Å². The van der Waals surface area contributed by atoms with Crippen LogP contribution in [0.5, 0.6) is 17.2 Å². The SMILES string of the molecule is COc1cc(C(=O)COC(=O)C(C)N2C(=O)c3ccccc3C2=O)cc(OC)c1OC. The zero-order chi connectivity index (χ0) is 22.7. The smallest absolute Gasteiger partial charge is 0.329 e. The molecule has 0 N–H and O–H groups in total. The van der Waals surface area contributed by atoms with Crippen LogP contribution < -0.4 is 14.2 Å². The summed E-state index contributed by atoms with van der Waals surface area (Å²) >= 11 is 0. The molecule has 2 amide bonds. The first kappa shape index (κ1) is 21.8. The van der Waals surface area contributed by atoms with Crippen LogP contribution in [-0.4, -0.2) is 62.4 Å². The molecule has 0 saturated heterocycles. The maximum atomic E-state index is 12.6. The van der Waals surface area contributed by atoms with E-state index in [4.69, 9.17) is 18.9 Å². The van der Waals surface area contributed by atoms with Crippen molar-refractivity contribution in [3.05, 3.63) is 53.1 Å². The molecule has 1 unspecified atom stereocenters. The summed E-state index contributed by atoms with van der Waals surface area (Å²) in [5.74, 6) is -1.70. The monoisotopic (exact) mass is 427 g/mol. The van der Waals surface area contributed by atoms with Crippen LogP contribution in [0, 0.1) is 0 Å². The van der Waals surface area contributed by atoms with Gasteiger partial charge in [0, 0.05) is 5.56 Å². The summed E-state index contributed by atoms with van der Waals surface area (Å²) in [5.41, 5.74) is 0.622. The number of benzene rings is 2. The van der Waals surface area contributed by atoms with Gasteiger partial charge in [0.15, 0.2) is 18.1 Å². The summed E-state index contributed by atoms with van der Waals surface area (Å²) in [6.45, 7) is 0.777. The van der Waals surface area contributed by atoms with Crippen LogP contribution in [0.1, 0.15) is 38.0 Å². The van der Waals surface area contributed by atoms with Crippen molar-refractivity contribution in [2.75, 3.05) is 27.9 Å². The Labute approximate surface area is 178 Å². The molecule has 9 heteroatoms. The number of ketones is 1. The van der Waals surface area contributed by atoms with Gasteiger partial charge < -0.3 is 18.9 Å². The van der Waals surface area contributed by atoms with Gasteiger partial charge in [-0.15, -0.1) is 0 Å². The number of hydrogen-bond donors (Lipinski definition) is 0. The number of methoxy groups -OCH3 is 3. The van der Waals surface area contributed by atoms with Crippen LogP contribution >= 0.6 is 0 Å². The molecule has 0 fully saturated rings. The Morgan fingerprint density at radius 3 is 1.87 bits per heavy atom. The van der Waals surface area contributed by atoms with Crippen LogP contribution in [0.2, 0.25) is 0 Å². The standard InChI is InChI=1S/C22H21NO8/c1-12(23-20(25)14-7-5-6-8-15(14)21(23)26)22(27)31-11-16(24)13-9-17(28-2)19(30-4)18(10-13)29-3/h5-10,12H,11H2,1-4H3. The highest BCUT2D eigenvalue weighted by atomic mass is 16.5. The van der Waals surface area contributed by atoms with E-state index in [1.54, 1.807) is 12.1 Å². The highest BCUT2D eigenvalue weighted by Crippen LogP contribution is 2.38. The van der Waals surface area contributed by atoms with Crippen LogP contribution in [0.3, 0.4) is 0 Å². The molecule has 0 aliphatic carbocycles. The Kier molecular flexibility index (Phi) is 6.24. The van der Waals surface area contributed by atoms with Crippen molar-refractivity contribution in [1.29, 1.82) is 0 Å². The van der Waals surface area contributed by atoms with E-state index in [2.05, 4.69) is 0 Å². The Balaban J connectivity index is 1.71. The Hall–Kier alpha value is -3.88. The van der Waals surface area contributed by atoms with E-state index < -0.39 is 36.2 Å². The minimum absolute atomic E-state index is 0.177. The molecule has 9 nitrogen and oxygen atoms in total. The number of nitrogens with zero attached hydrogens (tertiary/aromatic N) is 1. The Morgan fingerprint density at radius 2 is 1.42 bits per heavy atom. The number of hydrogen-bond acceptors (Lipinski definition) is 8. The zero-order valence-electron chi connectivity index (χ0n) is 17.5. The van der Waals surface area contributed by atoms with Crippen molar-refractivity contribution < 1.29 is 38.1 Å². The zero-order valence-corrected chi connectivity index (χ0v) is 17.5. The van der Waals surface area contributed by atoms with Crippen LogP contribution in [0.4, 0.5) is 0 Å². The third-order valence-electron chi connectivity index (χ3n) is 4.89. The first-order valence-electron chi connectivity index (χ1n) is 9.30. The summed E-state index contributed by atoms with van der Waals surface area (Å²) in [6.07, 6.45) is 0. The minimum atomic E-state index is -1.19. The first-order chi connectivity index (χ1) is 14.8. The van der Waals surface area contributed by atoms with Gasteiger partial charge in [-0.05, 0) is 31.2 Å². The number of esters is 1. The maximum absolute atomic E-state index is 12.6. The highest BCUT2D eigenvalue weighted by Gasteiger charge is 2.41. The fraction of sp³-hybridized carbons (Fsp3) is 0.273. The van der Waals surface area contributed by atoms with Gasteiger partial charge in [0.25, 0.3) is 11.8 Å². The predicted octanol–water partition coefficient (Wildman–Crippen LogP) is 2.12. The minimum Gasteiger partial charge on any atom is -0.493 e. The lowest BCUT2D eigenvalue weighted by Crippen LogP contribution is -2.44. The molecule has 162 valence electrons. The Morgan fingerprint density at radius 1 is 0.903 bits per heavy atom. The van der Waals surface area contributed by atoms with E-state index in [9.17, 15) is 19.2 Å². The fourth-order valence-electron chi connectivity index (χ4n) is 3.25. The number of carbonyl (C=O) groups is 4. The summed E-state index contributed by atoms with van der Waals surface area (Å²) in [4.78, 5) is 50.9. The lowest BCUT2D eigenvalue weighted by atomic mass is 10.1. The summed E-state index contributed by atoms with van der Waals surface area (Å²) < 4.78 is 20.7. The molecular weight excluding hydrogens is 406 g/mol. The average Bonchev–Trinajstić information content (AvgIpc) is 3.05. The highest BCUT2D eigenvalue weighted by molar-refractivity contribution is 6.22. The van der Waals surface area contributed by atoms with E-state index in [1.807, 2.05) is 0 Å². The van der Waals surface area contributed by atoms with Crippen molar-refractivity contribution in [1.82, 2.24) is 4.90 Å². The van der Waals surface area contributed by atoms with Gasteiger partial charge in [-0.2, -0.15) is 0 Å². The number of ether oxygens (including phenoxy) is 4. The number of carbonyl (C=O) groups excluding carboxylic acids is 4. The second-order valence-corrected chi connectivity index (χ2v) is 6.65. The predicted molar refractivity (Wildman–Crippen MR) is 108 cm³/mol. The van der Waals surface area contributed by atoms with Crippen LogP contribution in [-0.2, 0) is 9.53 Å². The molecule has 3 rings (SSSR count). The number of amides is 2. The van der Waals surface area contributed by atoms with E-state index in [0.717, 1.165) is 4.90 Å². The van der Waals surface area contributed by atoms with Gasteiger partial charge in [0.2, 0.25) is 11.5 Å². The second kappa shape index (κ2) is 8.86. The number of imide groups is 1. The Bertz CT molecular complexity index is 1000. The summed E-state index contributed by atoms with van der Waals surface area (Å²) in [6, 6.07) is 7.97. The number of rotatable bonds is 8. The van der Waals surface area contributed by atoms with E-state index in [-0.39, 0.29) is 28.2 Å². The molecule has 1 aliphatic heterocycles. The molecule has 31 heavy (non-hydrogen) atoms. The first-order valence-corrected chi connectivity index (χ1v) is 9.30. The molecule has 2 aromatic carbocycles. The number of Topliss-reactive ketones (excluding diaryl/α,β-unsaturated/α-hetero) is 1. The molecule has 2 aromatic rings. The molecule has 1 heterocycles. The third-order valence-corrected chi connectivity index (χ3v) is 4.89. The normalized spacial score (nSPS) is 13.5. The van der Waals surface area contributed by atoms with Crippen molar-refractivity contribution in [2.24, 2.45) is 0 Å². The summed E-state index contributed by atoms with van der Waals surface area (Å²) in [7, 11) is 4.26. The van der Waals surface area contributed by atoms with Crippen molar-refractivity contribution in [3.63, 3.8) is 0 Å². The molecule has 0 radical (unpaired) electrons. The lowest BCUT2D eigenvalue weighted by Gasteiger charge is -2.20. The topological polar surface area (TPSA) is 108 Å². The average molecular weight is 427 g/mol. The molecule has 0 aromatic heterocycles. The van der Waals surface area contributed by atoms with Gasteiger partial charge in [-0.3, -0.25) is 19.3 Å². The number of fused-ring (bicyclic) bond motifs is 1. The van der Waals surface area contributed by atoms with Gasteiger partial charge in [-0.25, -0.2) is 4.79 Å². The van der Waals surface area contributed by atoms with Crippen LogP contribution in [0.25, 0.3) is 0 Å². The molecule has 0 bridgehead atoms. The third kappa shape index (κ3) is 3.94. The van der Waals surface area contributed by atoms with Crippen LogP contribution in [0.15, 0.2) is 36.4 Å². The van der Waals surface area contributed by atoms with Crippen molar-refractivity contribution in [3.8, 4) is 17.2 Å². The molecular formula is C22H21NO8. The molecule has 1 atom stereocenters. The van der Waals surface area contributed by atoms with Crippen molar-refractivity contribution in [2.45, 2.75) is 13.0 Å². The summed E-state index contributed by atoms with van der Waals surface area (Å²) in [5, 5.41) is 0. The van der Waals surface area contributed by atoms with Crippen molar-refractivity contribution >= 4 is 23.6 Å². The second-order valence-electron chi connectivity index (χ2n) is 6.65. The molecule has 1 aliphatic rings. The lowest BCUT2D eigenvalue weighted by molar-refractivity contribution is -0.146. The maximum Gasteiger partial charge on any atom is 0.329 e. The fourth-order valence-corrected chi connectivity index (χ4v) is 3.25. The van der Waals surface area contributed by atoms with E-state index >= 15 is 0 Å². The van der Waals surface area contributed by atoms with Gasteiger partial charge in [0.1, 0.15) is 6.04 Å². The van der Waals surface area contributed by atoms with Gasteiger partial charge >= 0.3 is 5.97 Å². The molecule has 0 spiro atoms. The largest absolute Gasteiger partial charge is 0.493 e.